The van der Waals surface area contributed by atoms with E-state index in [2.05, 4.69) is 0 Å². The van der Waals surface area contributed by atoms with E-state index in [0.717, 1.165) is 5.56 Å². The van der Waals surface area contributed by atoms with Gasteiger partial charge < -0.3 is 19.1 Å². The maximum atomic E-state index is 13.0. The molecule has 3 aliphatic heterocycles. The summed E-state index contributed by atoms with van der Waals surface area (Å²) in [5.74, 6) is -0.385. The van der Waals surface area contributed by atoms with Crippen LogP contribution < -0.4 is 9.64 Å². The van der Waals surface area contributed by atoms with Gasteiger partial charge in [-0.1, -0.05) is 42.5 Å². The predicted molar refractivity (Wildman–Crippen MR) is 127 cm³/mol. The minimum atomic E-state index is -0.809. The van der Waals surface area contributed by atoms with Crippen molar-refractivity contribution >= 4 is 29.6 Å². The number of anilines is 1. The normalized spacial score (nSPS) is 20.0. The maximum absolute atomic E-state index is 13.0. The number of rotatable bonds is 6. The standard InChI is InChI=1S/C26H27N3O7/c30-23(14-28-20-8-4-5-9-22(20)34-17-24(28)31)27-12-10-19(11-13-27)29-21(16-36-26(29)33)25(32)35-15-18-6-2-1-3-7-18/h1-9,19,21H,10-17H2. The highest BCUT2D eigenvalue weighted by molar-refractivity contribution is 6.02. The van der Waals surface area contributed by atoms with Gasteiger partial charge in [-0.3, -0.25) is 19.4 Å². The topological polar surface area (TPSA) is 106 Å². The number of hydrogen-bond donors (Lipinski definition) is 0. The molecule has 3 heterocycles. The number of nitrogens with zero attached hydrogens (tertiary/aromatic N) is 3. The Hall–Kier alpha value is -4.08. The van der Waals surface area contributed by atoms with E-state index in [4.69, 9.17) is 14.2 Å². The lowest BCUT2D eigenvalue weighted by Crippen LogP contribution is -2.53. The average molecular weight is 494 g/mol. The molecule has 0 spiro atoms. The van der Waals surface area contributed by atoms with Crippen molar-refractivity contribution in [3.05, 3.63) is 60.2 Å². The van der Waals surface area contributed by atoms with Gasteiger partial charge in [-0.25, -0.2) is 9.59 Å². The van der Waals surface area contributed by atoms with E-state index in [1.807, 2.05) is 36.4 Å². The Morgan fingerprint density at radius 1 is 0.944 bits per heavy atom. The summed E-state index contributed by atoms with van der Waals surface area (Å²) in [6.45, 7) is 0.687. The average Bonchev–Trinajstić information content (AvgIpc) is 3.31. The number of carbonyl (C=O) groups is 4. The highest BCUT2D eigenvalue weighted by atomic mass is 16.6. The fraction of sp³-hybridized carbons (Fsp3) is 0.385. The van der Waals surface area contributed by atoms with Gasteiger partial charge >= 0.3 is 12.1 Å². The second-order valence-corrected chi connectivity index (χ2v) is 8.94. The van der Waals surface area contributed by atoms with E-state index in [1.54, 1.807) is 23.1 Å². The molecular formula is C26H27N3O7. The fourth-order valence-electron chi connectivity index (χ4n) is 4.80. The van der Waals surface area contributed by atoms with Gasteiger partial charge in [0.2, 0.25) is 5.91 Å². The predicted octanol–water partition coefficient (Wildman–Crippen LogP) is 1.97. The van der Waals surface area contributed by atoms with E-state index in [9.17, 15) is 19.2 Å². The van der Waals surface area contributed by atoms with Crippen LogP contribution in [-0.2, 0) is 30.5 Å². The van der Waals surface area contributed by atoms with Gasteiger partial charge in [0.15, 0.2) is 12.6 Å². The molecule has 10 heteroatoms. The van der Waals surface area contributed by atoms with Gasteiger partial charge in [0.05, 0.1) is 5.69 Å². The quantitative estimate of drug-likeness (QED) is 0.567. The van der Waals surface area contributed by atoms with Crippen LogP contribution in [0.4, 0.5) is 10.5 Å². The van der Waals surface area contributed by atoms with E-state index in [-0.39, 0.29) is 44.2 Å². The van der Waals surface area contributed by atoms with Crippen molar-refractivity contribution in [1.29, 1.82) is 0 Å². The summed E-state index contributed by atoms with van der Waals surface area (Å²) in [5, 5.41) is 0. The Labute approximate surface area is 208 Å². The first-order valence-corrected chi connectivity index (χ1v) is 12.0. The second kappa shape index (κ2) is 10.3. The molecule has 3 aliphatic rings. The number of carbonyl (C=O) groups excluding carboxylic acids is 4. The Balaban J connectivity index is 1.17. The largest absolute Gasteiger partial charge is 0.482 e. The van der Waals surface area contributed by atoms with Crippen LogP contribution in [0, 0.1) is 0 Å². The summed E-state index contributed by atoms with van der Waals surface area (Å²) < 4.78 is 16.1. The number of hydrogen-bond acceptors (Lipinski definition) is 7. The van der Waals surface area contributed by atoms with Crippen LogP contribution >= 0.6 is 0 Å². The first kappa shape index (κ1) is 23.7. The number of para-hydroxylation sites is 2. The number of fused-ring (bicyclic) bond motifs is 1. The van der Waals surface area contributed by atoms with Crippen LogP contribution in [0.5, 0.6) is 5.75 Å². The lowest BCUT2D eigenvalue weighted by atomic mass is 10.0. The molecule has 0 saturated carbocycles. The Bertz CT molecular complexity index is 1150. The summed E-state index contributed by atoms with van der Waals surface area (Å²) in [7, 11) is 0. The van der Waals surface area contributed by atoms with E-state index in [1.165, 1.54) is 9.80 Å². The summed E-state index contributed by atoms with van der Waals surface area (Å²) in [6, 6.07) is 15.4. The van der Waals surface area contributed by atoms with Gasteiger partial charge in [-0.15, -0.1) is 0 Å². The zero-order valence-corrected chi connectivity index (χ0v) is 19.7. The SMILES string of the molecule is O=C(OCc1ccccc1)C1COC(=O)N1C1CCN(C(=O)CN2C(=O)COc3ccccc32)CC1. The lowest BCUT2D eigenvalue weighted by molar-refractivity contribution is -0.150. The Kier molecular flexibility index (Phi) is 6.75. The molecule has 10 nitrogen and oxygen atoms in total. The van der Waals surface area contributed by atoms with Gasteiger partial charge in [0.1, 0.15) is 25.5 Å². The molecule has 0 bridgehead atoms. The fourth-order valence-corrected chi connectivity index (χ4v) is 4.80. The van der Waals surface area contributed by atoms with Crippen LogP contribution in [0.2, 0.25) is 0 Å². The van der Waals surface area contributed by atoms with Crippen LogP contribution in [-0.4, -0.2) is 78.6 Å². The van der Waals surface area contributed by atoms with Crippen molar-refractivity contribution in [3.8, 4) is 5.75 Å². The number of ether oxygens (including phenoxy) is 3. The summed E-state index contributed by atoms with van der Waals surface area (Å²) >= 11 is 0. The maximum Gasteiger partial charge on any atom is 0.410 e. The second-order valence-electron chi connectivity index (χ2n) is 8.94. The smallest absolute Gasteiger partial charge is 0.410 e. The summed E-state index contributed by atoms with van der Waals surface area (Å²) in [5.41, 5.74) is 1.43. The van der Waals surface area contributed by atoms with Crippen molar-refractivity contribution in [2.75, 3.05) is 37.7 Å². The molecule has 1 atom stereocenters. The molecule has 2 saturated heterocycles. The van der Waals surface area contributed by atoms with Crippen LogP contribution in [0.1, 0.15) is 18.4 Å². The molecule has 0 aromatic heterocycles. The Morgan fingerprint density at radius 2 is 1.67 bits per heavy atom. The van der Waals surface area contributed by atoms with Crippen LogP contribution in [0.15, 0.2) is 54.6 Å². The molecule has 3 amide bonds. The molecule has 0 aliphatic carbocycles. The van der Waals surface area contributed by atoms with Gasteiger partial charge in [-0.2, -0.15) is 0 Å². The van der Waals surface area contributed by atoms with E-state index >= 15 is 0 Å². The van der Waals surface area contributed by atoms with Crippen molar-refractivity contribution in [2.24, 2.45) is 0 Å². The number of amides is 3. The highest BCUT2D eigenvalue weighted by Gasteiger charge is 2.44. The van der Waals surface area contributed by atoms with Crippen molar-refractivity contribution in [1.82, 2.24) is 9.80 Å². The molecule has 1 unspecified atom stereocenters. The molecule has 0 N–H and O–H groups in total. The highest BCUT2D eigenvalue weighted by Crippen LogP contribution is 2.32. The zero-order chi connectivity index (χ0) is 25.1. The lowest BCUT2D eigenvalue weighted by Gasteiger charge is -2.38. The summed E-state index contributed by atoms with van der Waals surface area (Å²) in [4.78, 5) is 55.2. The first-order chi connectivity index (χ1) is 17.5. The number of cyclic esters (lactones) is 1. The number of piperidine rings is 1. The van der Waals surface area contributed by atoms with Crippen molar-refractivity contribution < 1.29 is 33.4 Å². The molecule has 2 aromatic rings. The molecule has 2 fully saturated rings. The third kappa shape index (κ3) is 4.84. The van der Waals surface area contributed by atoms with E-state index < -0.39 is 18.1 Å². The zero-order valence-electron chi connectivity index (χ0n) is 19.7. The first-order valence-electron chi connectivity index (χ1n) is 12.0. The number of esters is 1. The van der Waals surface area contributed by atoms with Gasteiger partial charge in [-0.05, 0) is 30.5 Å². The molecule has 0 radical (unpaired) electrons. The molecular weight excluding hydrogens is 466 g/mol. The monoisotopic (exact) mass is 493 g/mol. The third-order valence-corrected chi connectivity index (χ3v) is 6.72. The van der Waals surface area contributed by atoms with Crippen LogP contribution in [0.3, 0.4) is 0 Å². The van der Waals surface area contributed by atoms with Crippen LogP contribution in [0.25, 0.3) is 0 Å². The minimum Gasteiger partial charge on any atom is -0.482 e. The summed E-state index contributed by atoms with van der Waals surface area (Å²) in [6.07, 6.45) is 0.449. The molecule has 2 aromatic carbocycles. The molecule has 5 rings (SSSR count). The van der Waals surface area contributed by atoms with Crippen molar-refractivity contribution in [3.63, 3.8) is 0 Å². The van der Waals surface area contributed by atoms with Crippen molar-refractivity contribution in [2.45, 2.75) is 31.5 Å². The molecule has 188 valence electrons. The van der Waals surface area contributed by atoms with E-state index in [0.29, 0.717) is 37.4 Å². The number of likely N-dealkylation sites (tertiary alicyclic amines) is 1. The van der Waals surface area contributed by atoms with Gasteiger partial charge in [0, 0.05) is 19.1 Å². The minimum absolute atomic E-state index is 0.0514. The Morgan fingerprint density at radius 3 is 2.44 bits per heavy atom. The third-order valence-electron chi connectivity index (χ3n) is 6.72. The van der Waals surface area contributed by atoms with Gasteiger partial charge in [0.25, 0.3) is 5.91 Å². The molecule has 36 heavy (non-hydrogen) atoms. The number of benzene rings is 2.